The summed E-state index contributed by atoms with van der Waals surface area (Å²) in [6.07, 6.45) is 10.9. The van der Waals surface area contributed by atoms with Crippen LogP contribution in [-0.2, 0) is 0 Å². The van der Waals surface area contributed by atoms with E-state index in [-0.39, 0.29) is 18.7 Å². The maximum atomic E-state index is 12.1. The number of urea groups is 1. The number of aliphatic hydroxyl groups is 1. The van der Waals surface area contributed by atoms with Gasteiger partial charge in [-0.05, 0) is 31.6 Å². The van der Waals surface area contributed by atoms with Crippen LogP contribution in [0.15, 0.2) is 0 Å². The molecule has 4 heteroatoms. The molecular formula is C15H28N2O2. The summed E-state index contributed by atoms with van der Waals surface area (Å²) in [6.45, 7) is 1.80. The Balaban J connectivity index is 1.75. The number of amides is 2. The van der Waals surface area contributed by atoms with Crippen molar-refractivity contribution in [1.29, 1.82) is 0 Å². The molecular weight excluding hydrogens is 240 g/mol. The Morgan fingerprint density at radius 1 is 1.11 bits per heavy atom. The van der Waals surface area contributed by atoms with Crippen LogP contribution in [0.4, 0.5) is 4.79 Å². The van der Waals surface area contributed by atoms with E-state index in [1.807, 2.05) is 4.90 Å². The first-order chi connectivity index (χ1) is 9.29. The Kier molecular flexibility index (Phi) is 5.95. The van der Waals surface area contributed by atoms with Gasteiger partial charge in [-0.3, -0.25) is 0 Å². The van der Waals surface area contributed by atoms with E-state index in [1.165, 1.54) is 38.5 Å². The van der Waals surface area contributed by atoms with E-state index in [2.05, 4.69) is 5.32 Å². The van der Waals surface area contributed by atoms with Crippen LogP contribution in [0.2, 0.25) is 0 Å². The first kappa shape index (κ1) is 14.6. The molecule has 0 aromatic carbocycles. The highest BCUT2D eigenvalue weighted by atomic mass is 16.3. The number of aliphatic hydroxyl groups excluding tert-OH is 1. The summed E-state index contributed by atoms with van der Waals surface area (Å²) in [4.78, 5) is 14.0. The van der Waals surface area contributed by atoms with E-state index in [1.54, 1.807) is 0 Å². The standard InChI is InChI=1S/C15H28N2O2/c18-12-14(11-13-7-3-1-4-8-13)16-15(19)17-9-5-2-6-10-17/h13-14,18H,1-12H2,(H,16,19). The van der Waals surface area contributed by atoms with Crippen LogP contribution in [-0.4, -0.2) is 41.8 Å². The Bertz CT molecular complexity index is 271. The van der Waals surface area contributed by atoms with Crippen LogP contribution in [0.3, 0.4) is 0 Å². The first-order valence-electron chi connectivity index (χ1n) is 7.96. The second-order valence-corrected chi connectivity index (χ2v) is 6.12. The molecule has 1 aliphatic carbocycles. The number of carbonyl (C=O) groups excluding carboxylic acids is 1. The molecule has 1 heterocycles. The monoisotopic (exact) mass is 268 g/mol. The van der Waals surface area contributed by atoms with Crippen LogP contribution in [0.1, 0.15) is 57.8 Å². The molecule has 110 valence electrons. The van der Waals surface area contributed by atoms with Gasteiger partial charge in [0.2, 0.25) is 0 Å². The summed E-state index contributed by atoms with van der Waals surface area (Å²) < 4.78 is 0. The highest BCUT2D eigenvalue weighted by molar-refractivity contribution is 5.74. The first-order valence-corrected chi connectivity index (χ1v) is 7.96. The fraction of sp³-hybridized carbons (Fsp3) is 0.933. The summed E-state index contributed by atoms with van der Waals surface area (Å²) >= 11 is 0. The van der Waals surface area contributed by atoms with E-state index in [4.69, 9.17) is 0 Å². The molecule has 0 spiro atoms. The second-order valence-electron chi connectivity index (χ2n) is 6.12. The molecule has 0 aromatic heterocycles. The number of nitrogens with one attached hydrogen (secondary N) is 1. The Morgan fingerprint density at radius 2 is 1.74 bits per heavy atom. The van der Waals surface area contributed by atoms with Crippen molar-refractivity contribution < 1.29 is 9.90 Å². The number of rotatable bonds is 4. The number of likely N-dealkylation sites (tertiary alicyclic amines) is 1. The lowest BCUT2D eigenvalue weighted by Crippen LogP contribution is -2.48. The zero-order valence-electron chi connectivity index (χ0n) is 11.9. The highest BCUT2D eigenvalue weighted by Crippen LogP contribution is 2.27. The quantitative estimate of drug-likeness (QED) is 0.823. The molecule has 1 saturated heterocycles. The molecule has 2 fully saturated rings. The van der Waals surface area contributed by atoms with Crippen LogP contribution in [0.5, 0.6) is 0 Å². The molecule has 2 rings (SSSR count). The van der Waals surface area contributed by atoms with Crippen molar-refractivity contribution in [2.45, 2.75) is 63.8 Å². The van der Waals surface area contributed by atoms with E-state index in [9.17, 15) is 9.90 Å². The van der Waals surface area contributed by atoms with Gasteiger partial charge < -0.3 is 15.3 Å². The lowest BCUT2D eigenvalue weighted by Gasteiger charge is -2.30. The van der Waals surface area contributed by atoms with Gasteiger partial charge in [0.15, 0.2) is 0 Å². The van der Waals surface area contributed by atoms with Gasteiger partial charge in [-0.25, -0.2) is 4.79 Å². The number of nitrogens with zero attached hydrogens (tertiary/aromatic N) is 1. The molecule has 1 aliphatic heterocycles. The van der Waals surface area contributed by atoms with Crippen LogP contribution in [0.25, 0.3) is 0 Å². The Hall–Kier alpha value is -0.770. The van der Waals surface area contributed by atoms with E-state index in [0.29, 0.717) is 5.92 Å². The van der Waals surface area contributed by atoms with Crippen LogP contribution >= 0.6 is 0 Å². The minimum absolute atomic E-state index is 0.0227. The lowest BCUT2D eigenvalue weighted by molar-refractivity contribution is 0.163. The fourth-order valence-corrected chi connectivity index (χ4v) is 3.37. The second kappa shape index (κ2) is 7.73. The zero-order chi connectivity index (χ0) is 13.5. The third-order valence-corrected chi connectivity index (χ3v) is 4.53. The normalized spacial score (nSPS) is 23.1. The maximum Gasteiger partial charge on any atom is 0.317 e. The molecule has 1 atom stereocenters. The van der Waals surface area contributed by atoms with Crippen molar-refractivity contribution in [3.05, 3.63) is 0 Å². The van der Waals surface area contributed by atoms with Crippen molar-refractivity contribution in [1.82, 2.24) is 10.2 Å². The van der Waals surface area contributed by atoms with Crippen molar-refractivity contribution in [3.8, 4) is 0 Å². The molecule has 1 saturated carbocycles. The minimum atomic E-state index is -0.0578. The third-order valence-electron chi connectivity index (χ3n) is 4.53. The average molecular weight is 268 g/mol. The van der Waals surface area contributed by atoms with Crippen molar-refractivity contribution in [2.24, 2.45) is 5.92 Å². The summed E-state index contributed by atoms with van der Waals surface area (Å²) in [7, 11) is 0. The molecule has 0 aromatic rings. The number of carbonyl (C=O) groups is 1. The molecule has 1 unspecified atom stereocenters. The SMILES string of the molecule is O=C(NC(CO)CC1CCCCC1)N1CCCCC1. The topological polar surface area (TPSA) is 52.6 Å². The highest BCUT2D eigenvalue weighted by Gasteiger charge is 2.22. The fourth-order valence-electron chi connectivity index (χ4n) is 3.37. The van der Waals surface area contributed by atoms with E-state index < -0.39 is 0 Å². The van der Waals surface area contributed by atoms with E-state index in [0.717, 1.165) is 32.4 Å². The largest absolute Gasteiger partial charge is 0.394 e. The van der Waals surface area contributed by atoms with Crippen LogP contribution < -0.4 is 5.32 Å². The average Bonchev–Trinajstić information content (AvgIpc) is 2.48. The van der Waals surface area contributed by atoms with Gasteiger partial charge in [-0.15, -0.1) is 0 Å². The van der Waals surface area contributed by atoms with Crippen molar-refractivity contribution >= 4 is 6.03 Å². The Labute approximate surface area is 116 Å². The van der Waals surface area contributed by atoms with Crippen molar-refractivity contribution in [3.63, 3.8) is 0 Å². The zero-order valence-corrected chi connectivity index (χ0v) is 11.9. The predicted octanol–water partition coefficient (Wildman–Crippen LogP) is 2.51. The smallest absolute Gasteiger partial charge is 0.317 e. The molecule has 2 N–H and O–H groups in total. The van der Waals surface area contributed by atoms with Crippen LogP contribution in [0, 0.1) is 5.92 Å². The molecule has 0 bridgehead atoms. The van der Waals surface area contributed by atoms with Gasteiger partial charge in [0.05, 0.1) is 12.6 Å². The Morgan fingerprint density at radius 3 is 2.37 bits per heavy atom. The van der Waals surface area contributed by atoms with Gasteiger partial charge in [0.25, 0.3) is 0 Å². The van der Waals surface area contributed by atoms with Gasteiger partial charge in [-0.2, -0.15) is 0 Å². The molecule has 19 heavy (non-hydrogen) atoms. The minimum Gasteiger partial charge on any atom is -0.394 e. The molecule has 4 nitrogen and oxygen atoms in total. The summed E-state index contributed by atoms with van der Waals surface area (Å²) in [5.41, 5.74) is 0. The van der Waals surface area contributed by atoms with Gasteiger partial charge in [0, 0.05) is 13.1 Å². The molecule has 2 aliphatic rings. The summed E-state index contributed by atoms with van der Waals surface area (Å²) in [6, 6.07) is -0.0351. The van der Waals surface area contributed by atoms with Gasteiger partial charge >= 0.3 is 6.03 Å². The van der Waals surface area contributed by atoms with Gasteiger partial charge in [0.1, 0.15) is 0 Å². The van der Waals surface area contributed by atoms with Gasteiger partial charge in [-0.1, -0.05) is 32.1 Å². The summed E-state index contributed by atoms with van der Waals surface area (Å²) in [5.74, 6) is 0.688. The summed E-state index contributed by atoms with van der Waals surface area (Å²) in [5, 5.41) is 12.5. The lowest BCUT2D eigenvalue weighted by atomic mass is 9.85. The maximum absolute atomic E-state index is 12.1. The molecule has 0 radical (unpaired) electrons. The number of hydrogen-bond acceptors (Lipinski definition) is 2. The predicted molar refractivity (Wildman–Crippen MR) is 76.0 cm³/mol. The van der Waals surface area contributed by atoms with E-state index >= 15 is 0 Å². The number of piperidine rings is 1. The third kappa shape index (κ3) is 4.68. The number of hydrogen-bond donors (Lipinski definition) is 2. The molecule has 2 amide bonds. The van der Waals surface area contributed by atoms with Crippen molar-refractivity contribution in [2.75, 3.05) is 19.7 Å².